The Bertz CT molecular complexity index is 1160. The van der Waals surface area contributed by atoms with Gasteiger partial charge in [0.15, 0.2) is 11.5 Å². The SMILES string of the molecule is COc1ccc(OC(CCN2CC=C(c3ccc([N+](=O)[O-])cc3)CC2)c2ccccc2)cc1OC. The van der Waals surface area contributed by atoms with Crippen LogP contribution in [0.5, 0.6) is 17.2 Å². The van der Waals surface area contributed by atoms with E-state index in [2.05, 4.69) is 23.1 Å². The zero-order valence-corrected chi connectivity index (χ0v) is 20.1. The smallest absolute Gasteiger partial charge is 0.269 e. The first-order valence-electron chi connectivity index (χ1n) is 11.7. The lowest BCUT2D eigenvalue weighted by molar-refractivity contribution is -0.384. The number of hydrogen-bond donors (Lipinski definition) is 0. The molecule has 0 N–H and O–H groups in total. The van der Waals surface area contributed by atoms with E-state index in [1.165, 1.54) is 5.57 Å². The normalized spacial score (nSPS) is 14.6. The minimum Gasteiger partial charge on any atom is -0.493 e. The molecule has 1 heterocycles. The topological polar surface area (TPSA) is 74.1 Å². The van der Waals surface area contributed by atoms with E-state index >= 15 is 0 Å². The summed E-state index contributed by atoms with van der Waals surface area (Å²) in [5, 5.41) is 10.9. The van der Waals surface area contributed by atoms with Gasteiger partial charge in [-0.2, -0.15) is 0 Å². The van der Waals surface area contributed by atoms with Crippen LogP contribution in [0.15, 0.2) is 78.9 Å². The van der Waals surface area contributed by atoms with Gasteiger partial charge >= 0.3 is 0 Å². The van der Waals surface area contributed by atoms with Crippen molar-refractivity contribution < 1.29 is 19.1 Å². The minimum absolute atomic E-state index is 0.102. The zero-order valence-electron chi connectivity index (χ0n) is 20.1. The maximum Gasteiger partial charge on any atom is 0.269 e. The predicted octanol–water partition coefficient (Wildman–Crippen LogP) is 5.91. The molecule has 4 rings (SSSR count). The summed E-state index contributed by atoms with van der Waals surface area (Å²) >= 11 is 0. The Morgan fingerprint density at radius 3 is 2.34 bits per heavy atom. The maximum atomic E-state index is 10.9. The van der Waals surface area contributed by atoms with E-state index in [9.17, 15) is 10.1 Å². The molecular weight excluding hydrogens is 444 g/mol. The first-order valence-corrected chi connectivity index (χ1v) is 11.7. The van der Waals surface area contributed by atoms with Gasteiger partial charge in [0, 0.05) is 44.3 Å². The van der Waals surface area contributed by atoms with Crippen LogP contribution in [-0.2, 0) is 0 Å². The summed E-state index contributed by atoms with van der Waals surface area (Å²) < 4.78 is 17.2. The van der Waals surface area contributed by atoms with E-state index in [1.54, 1.807) is 26.4 Å². The highest BCUT2D eigenvalue weighted by molar-refractivity contribution is 5.67. The molecule has 0 fully saturated rings. The number of nitrogens with zero attached hydrogens (tertiary/aromatic N) is 2. The Hall–Kier alpha value is -3.84. The Balaban J connectivity index is 1.41. The second kappa shape index (κ2) is 11.5. The van der Waals surface area contributed by atoms with Crippen molar-refractivity contribution in [2.24, 2.45) is 0 Å². The molecule has 1 aliphatic rings. The van der Waals surface area contributed by atoms with Crippen LogP contribution in [0.3, 0.4) is 0 Å². The monoisotopic (exact) mass is 474 g/mol. The van der Waals surface area contributed by atoms with Crippen LogP contribution in [0.1, 0.15) is 30.1 Å². The molecule has 7 nitrogen and oxygen atoms in total. The van der Waals surface area contributed by atoms with Crippen LogP contribution in [-0.4, -0.2) is 43.7 Å². The second-order valence-corrected chi connectivity index (χ2v) is 8.41. The number of rotatable bonds is 10. The van der Waals surface area contributed by atoms with Gasteiger partial charge in [0.1, 0.15) is 11.9 Å². The maximum absolute atomic E-state index is 10.9. The fourth-order valence-corrected chi connectivity index (χ4v) is 4.29. The third-order valence-electron chi connectivity index (χ3n) is 6.25. The van der Waals surface area contributed by atoms with Gasteiger partial charge in [-0.3, -0.25) is 15.0 Å². The van der Waals surface area contributed by atoms with Gasteiger partial charge in [0.25, 0.3) is 5.69 Å². The van der Waals surface area contributed by atoms with Crippen LogP contribution < -0.4 is 14.2 Å². The highest BCUT2D eigenvalue weighted by Gasteiger charge is 2.19. The molecule has 0 radical (unpaired) electrons. The summed E-state index contributed by atoms with van der Waals surface area (Å²) in [6.45, 7) is 2.65. The van der Waals surface area contributed by atoms with Crippen LogP contribution in [0, 0.1) is 10.1 Å². The highest BCUT2D eigenvalue weighted by atomic mass is 16.6. The van der Waals surface area contributed by atoms with Gasteiger partial charge in [-0.25, -0.2) is 0 Å². The summed E-state index contributed by atoms with van der Waals surface area (Å²) in [7, 11) is 3.23. The lowest BCUT2D eigenvalue weighted by Crippen LogP contribution is -2.31. The Labute approximate surface area is 205 Å². The average Bonchev–Trinajstić information content (AvgIpc) is 2.91. The molecule has 7 heteroatoms. The Kier molecular flexibility index (Phi) is 8.00. The van der Waals surface area contributed by atoms with Gasteiger partial charge < -0.3 is 14.2 Å². The number of methoxy groups -OCH3 is 2. The van der Waals surface area contributed by atoms with Crippen LogP contribution >= 0.6 is 0 Å². The average molecular weight is 475 g/mol. The summed E-state index contributed by atoms with van der Waals surface area (Å²) in [6, 6.07) is 22.7. The van der Waals surface area contributed by atoms with Crippen molar-refractivity contribution in [3.05, 3.63) is 100 Å². The van der Waals surface area contributed by atoms with Gasteiger partial charge in [-0.1, -0.05) is 36.4 Å². The molecule has 0 spiro atoms. The molecule has 0 bridgehead atoms. The van der Waals surface area contributed by atoms with Crippen molar-refractivity contribution >= 4 is 11.3 Å². The predicted molar refractivity (Wildman–Crippen MR) is 136 cm³/mol. The molecule has 0 amide bonds. The molecule has 0 aromatic heterocycles. The molecule has 0 saturated heterocycles. The van der Waals surface area contributed by atoms with Crippen molar-refractivity contribution in [3.63, 3.8) is 0 Å². The van der Waals surface area contributed by atoms with Crippen LogP contribution in [0.4, 0.5) is 5.69 Å². The molecule has 35 heavy (non-hydrogen) atoms. The fourth-order valence-electron chi connectivity index (χ4n) is 4.29. The van der Waals surface area contributed by atoms with Gasteiger partial charge in [0.05, 0.1) is 19.1 Å². The summed E-state index contributed by atoms with van der Waals surface area (Å²) in [5.74, 6) is 2.03. The Morgan fingerprint density at radius 2 is 1.71 bits per heavy atom. The van der Waals surface area contributed by atoms with Crippen LogP contribution in [0.2, 0.25) is 0 Å². The lowest BCUT2D eigenvalue weighted by Gasteiger charge is -2.28. The minimum atomic E-state index is -0.367. The van der Waals surface area contributed by atoms with E-state index in [1.807, 2.05) is 48.5 Å². The van der Waals surface area contributed by atoms with E-state index in [-0.39, 0.29) is 16.7 Å². The van der Waals surface area contributed by atoms with Gasteiger partial charge in [0.2, 0.25) is 0 Å². The zero-order chi connectivity index (χ0) is 24.6. The largest absolute Gasteiger partial charge is 0.493 e. The van der Waals surface area contributed by atoms with E-state index < -0.39 is 0 Å². The Morgan fingerprint density at radius 1 is 0.971 bits per heavy atom. The molecule has 1 aliphatic heterocycles. The van der Waals surface area contributed by atoms with Crippen LogP contribution in [0.25, 0.3) is 5.57 Å². The summed E-state index contributed by atoms with van der Waals surface area (Å²) in [5.41, 5.74) is 3.53. The van der Waals surface area contributed by atoms with E-state index in [0.29, 0.717) is 11.5 Å². The third-order valence-corrected chi connectivity index (χ3v) is 6.25. The standard InChI is InChI=1S/C28H30N2O5/c1-33-27-13-12-25(20-28(27)34-2)35-26(23-6-4-3-5-7-23)16-19-29-17-14-22(15-18-29)21-8-10-24(11-9-21)30(31)32/h3-14,20,26H,15-19H2,1-2H3. The molecule has 0 saturated carbocycles. The number of benzene rings is 3. The molecule has 3 aromatic carbocycles. The highest BCUT2D eigenvalue weighted by Crippen LogP contribution is 2.34. The first-order chi connectivity index (χ1) is 17.1. The number of nitro benzene ring substituents is 1. The van der Waals surface area contributed by atoms with E-state index in [4.69, 9.17) is 14.2 Å². The first kappa shape index (κ1) is 24.3. The molecule has 182 valence electrons. The number of hydrogen-bond acceptors (Lipinski definition) is 6. The third kappa shape index (κ3) is 6.19. The van der Waals surface area contributed by atoms with E-state index in [0.717, 1.165) is 49.4 Å². The number of nitro groups is 1. The quantitative estimate of drug-likeness (QED) is 0.269. The van der Waals surface area contributed by atoms with Crippen molar-refractivity contribution in [2.75, 3.05) is 33.9 Å². The lowest BCUT2D eigenvalue weighted by atomic mass is 9.98. The molecular formula is C28H30N2O5. The van der Waals surface area contributed by atoms with Gasteiger partial charge in [-0.05, 0) is 47.4 Å². The number of non-ortho nitro benzene ring substituents is 1. The van der Waals surface area contributed by atoms with Crippen molar-refractivity contribution in [1.82, 2.24) is 4.90 Å². The number of ether oxygens (including phenoxy) is 3. The fraction of sp³-hybridized carbons (Fsp3) is 0.286. The van der Waals surface area contributed by atoms with Crippen molar-refractivity contribution in [2.45, 2.75) is 18.9 Å². The molecule has 0 aliphatic carbocycles. The summed E-state index contributed by atoms with van der Waals surface area (Å²) in [4.78, 5) is 12.9. The molecule has 1 atom stereocenters. The second-order valence-electron chi connectivity index (χ2n) is 8.41. The molecule has 1 unspecified atom stereocenters. The van der Waals surface area contributed by atoms with Crippen molar-refractivity contribution in [3.8, 4) is 17.2 Å². The molecule has 3 aromatic rings. The van der Waals surface area contributed by atoms with Gasteiger partial charge in [-0.15, -0.1) is 0 Å². The van der Waals surface area contributed by atoms with Crippen molar-refractivity contribution in [1.29, 1.82) is 0 Å². The summed E-state index contributed by atoms with van der Waals surface area (Å²) in [6.07, 6.45) is 3.86.